The van der Waals surface area contributed by atoms with Crippen molar-refractivity contribution in [2.45, 2.75) is 32.7 Å². The number of rotatable bonds is 2. The molecule has 0 spiro atoms. The zero-order valence-corrected chi connectivity index (χ0v) is 14.6. The fourth-order valence-electron chi connectivity index (χ4n) is 4.57. The van der Waals surface area contributed by atoms with Crippen molar-refractivity contribution >= 4 is 22.6 Å². The summed E-state index contributed by atoms with van der Waals surface area (Å²) in [4.78, 5) is 4.74. The van der Waals surface area contributed by atoms with Gasteiger partial charge in [-0.2, -0.15) is 0 Å². The lowest BCUT2D eigenvalue weighted by Gasteiger charge is -2.32. The van der Waals surface area contributed by atoms with E-state index in [-0.39, 0.29) is 0 Å². The molecule has 1 fully saturated rings. The molecule has 0 N–H and O–H groups in total. The van der Waals surface area contributed by atoms with Crippen LogP contribution in [0.25, 0.3) is 22.2 Å². The van der Waals surface area contributed by atoms with Crippen molar-refractivity contribution in [3.05, 3.63) is 53.3 Å². The number of hydrogen-bond acceptors (Lipinski definition) is 1. The summed E-state index contributed by atoms with van der Waals surface area (Å²) < 4.78 is 2.52. The fourth-order valence-corrected chi connectivity index (χ4v) is 4.69. The van der Waals surface area contributed by atoms with Crippen molar-refractivity contribution in [2.75, 3.05) is 0 Å². The van der Waals surface area contributed by atoms with Crippen LogP contribution >= 0.6 is 11.6 Å². The Morgan fingerprint density at radius 3 is 2.67 bits per heavy atom. The van der Waals surface area contributed by atoms with E-state index in [4.69, 9.17) is 16.6 Å². The van der Waals surface area contributed by atoms with Gasteiger partial charge < -0.3 is 4.57 Å². The number of pyridine rings is 1. The molecule has 0 radical (unpaired) electrons. The standard InChI is InChI=1S/C21H21ClN2/c1-13-12-24-18-3-2-10-23-21(18)20(15-6-8-16(22)9-7-15)19(24)11-17(13)14-4-5-14/h2-3,6-10,13-14,17H,4-5,11-12H2,1H3/t13-,17?/m1/s1. The highest BCUT2D eigenvalue weighted by molar-refractivity contribution is 6.30. The van der Waals surface area contributed by atoms with E-state index in [0.29, 0.717) is 0 Å². The molecule has 2 aliphatic rings. The van der Waals surface area contributed by atoms with Crippen molar-refractivity contribution in [1.29, 1.82) is 0 Å². The van der Waals surface area contributed by atoms with E-state index in [0.717, 1.165) is 34.8 Å². The van der Waals surface area contributed by atoms with Crippen LogP contribution in [0.1, 0.15) is 25.5 Å². The molecule has 122 valence electrons. The number of nitrogens with zero attached hydrogens (tertiary/aromatic N) is 2. The van der Waals surface area contributed by atoms with Crippen LogP contribution in [0.4, 0.5) is 0 Å². The average molecular weight is 337 g/mol. The Kier molecular flexibility index (Phi) is 3.24. The first kappa shape index (κ1) is 14.5. The van der Waals surface area contributed by atoms with Gasteiger partial charge in [-0.3, -0.25) is 4.98 Å². The molecule has 1 saturated carbocycles. The summed E-state index contributed by atoms with van der Waals surface area (Å²) in [6.07, 6.45) is 5.93. The first-order valence-corrected chi connectivity index (χ1v) is 9.32. The van der Waals surface area contributed by atoms with Crippen LogP contribution in [0.15, 0.2) is 42.6 Å². The number of aromatic nitrogens is 2. The fraction of sp³-hybridized carbons (Fsp3) is 0.381. The van der Waals surface area contributed by atoms with Crippen molar-refractivity contribution in [3.63, 3.8) is 0 Å². The second kappa shape index (κ2) is 5.35. The zero-order valence-electron chi connectivity index (χ0n) is 13.9. The van der Waals surface area contributed by atoms with Gasteiger partial charge in [-0.15, -0.1) is 0 Å². The molecule has 24 heavy (non-hydrogen) atoms. The highest BCUT2D eigenvalue weighted by atomic mass is 35.5. The Morgan fingerprint density at radius 2 is 1.92 bits per heavy atom. The SMILES string of the molecule is C[C@@H]1Cn2c(c(-c3ccc(Cl)cc3)c3ncccc32)CC1C1CC1. The lowest BCUT2D eigenvalue weighted by Crippen LogP contribution is -2.28. The van der Waals surface area contributed by atoms with E-state index in [1.165, 1.54) is 41.6 Å². The lowest BCUT2D eigenvalue weighted by molar-refractivity contribution is 0.249. The molecule has 0 saturated heterocycles. The first-order chi connectivity index (χ1) is 11.7. The highest BCUT2D eigenvalue weighted by Gasteiger charge is 2.39. The molecule has 1 unspecified atom stereocenters. The topological polar surface area (TPSA) is 17.8 Å². The predicted molar refractivity (Wildman–Crippen MR) is 99.3 cm³/mol. The summed E-state index contributed by atoms with van der Waals surface area (Å²) in [7, 11) is 0. The molecule has 3 heterocycles. The van der Waals surface area contributed by atoms with Crippen LogP contribution in [0.5, 0.6) is 0 Å². The first-order valence-electron chi connectivity index (χ1n) is 8.94. The zero-order chi connectivity index (χ0) is 16.3. The second-order valence-electron chi connectivity index (χ2n) is 7.49. The van der Waals surface area contributed by atoms with E-state index in [1.807, 2.05) is 18.3 Å². The minimum absolute atomic E-state index is 0.749. The summed E-state index contributed by atoms with van der Waals surface area (Å²) in [5.74, 6) is 2.52. The number of benzene rings is 1. The Hall–Kier alpha value is -1.80. The number of halogens is 1. The average Bonchev–Trinajstić information content (AvgIpc) is 3.39. The minimum atomic E-state index is 0.749. The molecule has 2 atom stereocenters. The third-order valence-corrected chi connectivity index (χ3v) is 6.17. The van der Waals surface area contributed by atoms with E-state index >= 15 is 0 Å². The summed E-state index contributed by atoms with van der Waals surface area (Å²) >= 11 is 6.11. The van der Waals surface area contributed by atoms with Crippen molar-refractivity contribution in [3.8, 4) is 11.1 Å². The molecule has 1 aliphatic carbocycles. The van der Waals surface area contributed by atoms with E-state index < -0.39 is 0 Å². The van der Waals surface area contributed by atoms with Crippen molar-refractivity contribution < 1.29 is 0 Å². The smallest absolute Gasteiger partial charge is 0.0962 e. The summed E-state index contributed by atoms with van der Waals surface area (Å²) in [5, 5.41) is 0.786. The summed E-state index contributed by atoms with van der Waals surface area (Å²) in [5.41, 5.74) is 6.44. The third kappa shape index (κ3) is 2.20. The van der Waals surface area contributed by atoms with Gasteiger partial charge in [-0.05, 0) is 66.8 Å². The van der Waals surface area contributed by atoms with Crippen LogP contribution < -0.4 is 0 Å². The molecule has 2 nitrogen and oxygen atoms in total. The molecule has 2 aromatic heterocycles. The number of fused-ring (bicyclic) bond motifs is 3. The predicted octanol–water partition coefficient (Wildman–Crippen LogP) is 5.58. The van der Waals surface area contributed by atoms with Crippen molar-refractivity contribution in [1.82, 2.24) is 9.55 Å². The van der Waals surface area contributed by atoms with Crippen LogP contribution in [0.2, 0.25) is 5.02 Å². The van der Waals surface area contributed by atoms with Crippen LogP contribution in [-0.4, -0.2) is 9.55 Å². The Bertz CT molecular complexity index is 905. The maximum absolute atomic E-state index is 6.11. The van der Waals surface area contributed by atoms with Crippen molar-refractivity contribution in [2.24, 2.45) is 17.8 Å². The Labute approximate surface area is 147 Å². The molecule has 3 heteroatoms. The molecule has 1 aliphatic heterocycles. The van der Waals surface area contributed by atoms with Gasteiger partial charge in [0.05, 0.1) is 11.0 Å². The second-order valence-corrected chi connectivity index (χ2v) is 7.93. The van der Waals surface area contributed by atoms with Gasteiger partial charge >= 0.3 is 0 Å². The maximum atomic E-state index is 6.11. The van der Waals surface area contributed by atoms with E-state index in [1.54, 1.807) is 0 Å². The minimum Gasteiger partial charge on any atom is -0.342 e. The van der Waals surface area contributed by atoms with E-state index in [9.17, 15) is 0 Å². The Morgan fingerprint density at radius 1 is 1.12 bits per heavy atom. The highest BCUT2D eigenvalue weighted by Crippen LogP contribution is 2.47. The molecule has 0 amide bonds. The molecule has 3 aromatic rings. The molecule has 0 bridgehead atoms. The normalized spacial score (nSPS) is 23.4. The third-order valence-electron chi connectivity index (χ3n) is 5.92. The van der Waals surface area contributed by atoms with Gasteiger partial charge in [0, 0.05) is 29.0 Å². The Balaban J connectivity index is 1.74. The quantitative estimate of drug-likeness (QED) is 0.597. The van der Waals surface area contributed by atoms with Crippen LogP contribution in [-0.2, 0) is 13.0 Å². The van der Waals surface area contributed by atoms with Gasteiger partial charge in [0.15, 0.2) is 0 Å². The maximum Gasteiger partial charge on any atom is 0.0962 e. The molecular weight excluding hydrogens is 316 g/mol. The van der Waals surface area contributed by atoms with Gasteiger partial charge in [0.2, 0.25) is 0 Å². The molecule has 1 aromatic carbocycles. The van der Waals surface area contributed by atoms with Gasteiger partial charge in [-0.1, -0.05) is 30.7 Å². The molecular formula is C21H21ClN2. The van der Waals surface area contributed by atoms with E-state index in [2.05, 4.69) is 35.8 Å². The van der Waals surface area contributed by atoms with Gasteiger partial charge in [-0.25, -0.2) is 0 Å². The lowest BCUT2D eigenvalue weighted by atomic mass is 9.82. The van der Waals surface area contributed by atoms with Crippen LogP contribution in [0, 0.1) is 17.8 Å². The monoisotopic (exact) mass is 336 g/mol. The van der Waals surface area contributed by atoms with Gasteiger partial charge in [0.25, 0.3) is 0 Å². The van der Waals surface area contributed by atoms with Gasteiger partial charge in [0.1, 0.15) is 0 Å². The molecule has 5 rings (SSSR count). The van der Waals surface area contributed by atoms with Crippen LogP contribution in [0.3, 0.4) is 0 Å². The summed E-state index contributed by atoms with van der Waals surface area (Å²) in [6.45, 7) is 3.54. The largest absolute Gasteiger partial charge is 0.342 e. The number of hydrogen-bond donors (Lipinski definition) is 0. The summed E-state index contributed by atoms with van der Waals surface area (Å²) in [6, 6.07) is 12.5.